The Hall–Kier alpha value is -0.800. The zero-order valence-corrected chi connectivity index (χ0v) is 9.21. The van der Waals surface area contributed by atoms with Crippen molar-refractivity contribution in [2.45, 2.75) is 13.3 Å². The quantitative estimate of drug-likeness (QED) is 0.833. The van der Waals surface area contributed by atoms with Gasteiger partial charge in [-0.3, -0.25) is 4.98 Å². The van der Waals surface area contributed by atoms with Crippen LogP contribution in [0.4, 0.5) is 0 Å². The second kappa shape index (κ2) is 5.17. The number of nitrogens with two attached hydrogens (primary N) is 1. The van der Waals surface area contributed by atoms with Crippen molar-refractivity contribution in [3.8, 4) is 5.75 Å². The second-order valence-corrected chi connectivity index (χ2v) is 3.76. The third kappa shape index (κ3) is 2.86. The predicted octanol–water partition coefficient (Wildman–Crippen LogP) is 1.88. The molecule has 0 aliphatic carbocycles. The van der Waals surface area contributed by atoms with Crippen molar-refractivity contribution in [1.82, 2.24) is 4.98 Å². The van der Waals surface area contributed by atoms with Crippen LogP contribution in [0.2, 0.25) is 5.02 Å². The summed E-state index contributed by atoms with van der Waals surface area (Å²) in [5, 5.41) is 0.643. The lowest BCUT2D eigenvalue weighted by molar-refractivity contribution is 0.412. The Balaban J connectivity index is 2.78. The smallest absolute Gasteiger partial charge is 0.138 e. The van der Waals surface area contributed by atoms with Gasteiger partial charge in [0.25, 0.3) is 0 Å². The van der Waals surface area contributed by atoms with Crippen molar-refractivity contribution >= 4 is 11.6 Å². The fourth-order valence-electron chi connectivity index (χ4n) is 1.12. The molecule has 0 aliphatic rings. The summed E-state index contributed by atoms with van der Waals surface area (Å²) in [4.78, 5) is 4.22. The lowest BCUT2D eigenvalue weighted by atomic mass is 10.1. The maximum Gasteiger partial charge on any atom is 0.138 e. The molecule has 14 heavy (non-hydrogen) atoms. The normalized spacial score (nSPS) is 12.6. The molecule has 78 valence electrons. The maximum atomic E-state index is 6.03. The van der Waals surface area contributed by atoms with E-state index in [0.717, 1.165) is 12.1 Å². The number of ether oxygens (including phenoxy) is 1. The molecule has 0 radical (unpaired) electrons. The Labute approximate surface area is 89.2 Å². The number of hydrogen-bond donors (Lipinski definition) is 1. The number of aromatic nitrogens is 1. The molecule has 1 aromatic rings. The predicted molar refractivity (Wildman–Crippen MR) is 57.7 cm³/mol. The van der Waals surface area contributed by atoms with Crippen LogP contribution in [0.25, 0.3) is 0 Å². The van der Waals surface area contributed by atoms with E-state index >= 15 is 0 Å². The molecular formula is C10H15ClN2O. The number of hydrogen-bond acceptors (Lipinski definition) is 3. The van der Waals surface area contributed by atoms with Crippen LogP contribution in [0.1, 0.15) is 12.6 Å². The summed E-state index contributed by atoms with van der Waals surface area (Å²) >= 11 is 6.03. The summed E-state index contributed by atoms with van der Waals surface area (Å²) < 4.78 is 5.01. The van der Waals surface area contributed by atoms with Crippen molar-refractivity contribution < 1.29 is 4.74 Å². The molecule has 1 aromatic heterocycles. The zero-order valence-electron chi connectivity index (χ0n) is 8.46. The van der Waals surface area contributed by atoms with Gasteiger partial charge in [0.1, 0.15) is 5.75 Å². The molecule has 1 atom stereocenters. The Morgan fingerprint density at radius 3 is 2.86 bits per heavy atom. The number of pyridine rings is 1. The lowest BCUT2D eigenvalue weighted by Crippen LogP contribution is -2.14. The molecule has 0 fully saturated rings. The van der Waals surface area contributed by atoms with E-state index in [9.17, 15) is 0 Å². The van der Waals surface area contributed by atoms with Crippen molar-refractivity contribution in [3.63, 3.8) is 0 Å². The summed E-state index contributed by atoms with van der Waals surface area (Å²) in [5.74, 6) is 1.08. The van der Waals surface area contributed by atoms with Crippen LogP contribution < -0.4 is 10.5 Å². The number of nitrogens with zero attached hydrogens (tertiary/aromatic N) is 1. The van der Waals surface area contributed by atoms with Gasteiger partial charge in [-0.15, -0.1) is 0 Å². The molecule has 0 bridgehead atoms. The van der Waals surface area contributed by atoms with E-state index in [1.54, 1.807) is 19.4 Å². The Morgan fingerprint density at radius 2 is 2.36 bits per heavy atom. The van der Waals surface area contributed by atoms with E-state index in [4.69, 9.17) is 22.1 Å². The van der Waals surface area contributed by atoms with Gasteiger partial charge in [0, 0.05) is 6.07 Å². The van der Waals surface area contributed by atoms with Crippen LogP contribution in [0, 0.1) is 5.92 Å². The van der Waals surface area contributed by atoms with Crippen LogP contribution in [-0.4, -0.2) is 18.6 Å². The third-order valence-electron chi connectivity index (χ3n) is 2.07. The van der Waals surface area contributed by atoms with Gasteiger partial charge >= 0.3 is 0 Å². The van der Waals surface area contributed by atoms with Crippen LogP contribution >= 0.6 is 11.6 Å². The molecule has 1 rings (SSSR count). The van der Waals surface area contributed by atoms with Crippen molar-refractivity contribution in [1.29, 1.82) is 0 Å². The summed E-state index contributed by atoms with van der Waals surface area (Å²) in [6, 6.07) is 1.77. The molecule has 0 aliphatic heterocycles. The Kier molecular flexibility index (Phi) is 4.17. The van der Waals surface area contributed by atoms with E-state index in [0.29, 0.717) is 23.2 Å². The highest BCUT2D eigenvalue weighted by molar-refractivity contribution is 6.31. The first kappa shape index (κ1) is 11.3. The minimum atomic E-state index is 0.397. The summed E-state index contributed by atoms with van der Waals surface area (Å²) in [6.45, 7) is 2.71. The number of rotatable bonds is 4. The zero-order chi connectivity index (χ0) is 10.6. The van der Waals surface area contributed by atoms with Gasteiger partial charge in [-0.05, 0) is 18.9 Å². The van der Waals surface area contributed by atoms with Gasteiger partial charge < -0.3 is 10.5 Å². The van der Waals surface area contributed by atoms with Crippen molar-refractivity contribution in [2.24, 2.45) is 11.7 Å². The van der Waals surface area contributed by atoms with E-state index in [2.05, 4.69) is 11.9 Å². The number of halogens is 1. The lowest BCUT2D eigenvalue weighted by Gasteiger charge is -2.09. The van der Waals surface area contributed by atoms with Gasteiger partial charge in [-0.2, -0.15) is 0 Å². The fraction of sp³-hybridized carbons (Fsp3) is 0.500. The Morgan fingerprint density at radius 1 is 1.64 bits per heavy atom. The van der Waals surface area contributed by atoms with E-state index < -0.39 is 0 Å². The summed E-state index contributed by atoms with van der Waals surface area (Å²) in [5.41, 5.74) is 6.41. The van der Waals surface area contributed by atoms with Crippen LogP contribution in [-0.2, 0) is 6.42 Å². The highest BCUT2D eigenvalue weighted by Crippen LogP contribution is 2.21. The molecule has 1 unspecified atom stereocenters. The second-order valence-electron chi connectivity index (χ2n) is 3.35. The van der Waals surface area contributed by atoms with E-state index in [1.807, 2.05) is 0 Å². The minimum Gasteiger partial charge on any atom is -0.495 e. The minimum absolute atomic E-state index is 0.397. The highest BCUT2D eigenvalue weighted by Gasteiger charge is 2.07. The molecule has 0 aromatic carbocycles. The maximum absolute atomic E-state index is 6.03. The van der Waals surface area contributed by atoms with Gasteiger partial charge in [0.05, 0.1) is 24.0 Å². The monoisotopic (exact) mass is 214 g/mol. The molecular weight excluding hydrogens is 200 g/mol. The average molecular weight is 215 g/mol. The van der Waals surface area contributed by atoms with Crippen molar-refractivity contribution in [2.75, 3.05) is 13.7 Å². The van der Waals surface area contributed by atoms with Crippen LogP contribution in [0.5, 0.6) is 5.75 Å². The van der Waals surface area contributed by atoms with Crippen LogP contribution in [0.15, 0.2) is 12.3 Å². The van der Waals surface area contributed by atoms with Gasteiger partial charge in [-0.1, -0.05) is 18.5 Å². The number of methoxy groups -OCH3 is 1. The largest absolute Gasteiger partial charge is 0.495 e. The molecule has 1 heterocycles. The first-order chi connectivity index (χ1) is 6.67. The van der Waals surface area contributed by atoms with E-state index in [1.165, 1.54) is 0 Å². The molecule has 0 saturated carbocycles. The average Bonchev–Trinajstić information content (AvgIpc) is 2.20. The van der Waals surface area contributed by atoms with E-state index in [-0.39, 0.29) is 0 Å². The van der Waals surface area contributed by atoms with Crippen molar-refractivity contribution in [3.05, 3.63) is 23.0 Å². The first-order valence-corrected chi connectivity index (χ1v) is 4.93. The van der Waals surface area contributed by atoms with Gasteiger partial charge in [0.15, 0.2) is 0 Å². The molecule has 0 spiro atoms. The molecule has 0 amide bonds. The third-order valence-corrected chi connectivity index (χ3v) is 2.40. The molecule has 0 saturated heterocycles. The molecule has 2 N–H and O–H groups in total. The SMILES string of the molecule is COc1cnc(CC(C)CN)c(Cl)c1. The molecule has 4 heteroatoms. The highest BCUT2D eigenvalue weighted by atomic mass is 35.5. The molecule has 3 nitrogen and oxygen atoms in total. The first-order valence-electron chi connectivity index (χ1n) is 4.55. The van der Waals surface area contributed by atoms with Crippen LogP contribution in [0.3, 0.4) is 0 Å². The summed E-state index contributed by atoms with van der Waals surface area (Å²) in [6.07, 6.45) is 2.48. The Bertz CT molecular complexity index is 304. The standard InChI is InChI=1S/C10H15ClN2O/c1-7(5-12)3-10-9(11)4-8(14-2)6-13-10/h4,6-7H,3,5,12H2,1-2H3. The fourth-order valence-corrected chi connectivity index (χ4v) is 1.36. The topological polar surface area (TPSA) is 48.1 Å². The van der Waals surface area contributed by atoms with Gasteiger partial charge in [0.2, 0.25) is 0 Å². The van der Waals surface area contributed by atoms with Gasteiger partial charge in [-0.25, -0.2) is 0 Å². The summed E-state index contributed by atoms with van der Waals surface area (Å²) in [7, 11) is 1.59.